The van der Waals surface area contributed by atoms with Gasteiger partial charge >= 0.3 is 12.2 Å². The van der Waals surface area contributed by atoms with Gasteiger partial charge in [-0.1, -0.05) is 23.2 Å². The number of sulfonamides is 1. The molecule has 0 radical (unpaired) electrons. The summed E-state index contributed by atoms with van der Waals surface area (Å²) >= 11 is 11.8. The number of Topliss-reactive ketones (excluding diaryl/α,β-unsaturated/α-hetero) is 3. The summed E-state index contributed by atoms with van der Waals surface area (Å²) in [5.74, 6) is -3.84. The van der Waals surface area contributed by atoms with E-state index in [-0.39, 0.29) is 49.5 Å². The zero-order valence-electron chi connectivity index (χ0n) is 23.9. The molecule has 1 heterocycles. The Hall–Kier alpha value is -4.07. The second-order valence-electron chi connectivity index (χ2n) is 9.84. The van der Waals surface area contributed by atoms with Gasteiger partial charge in [0.25, 0.3) is 5.69 Å². The zero-order chi connectivity index (χ0) is 34.9. The van der Waals surface area contributed by atoms with Crippen LogP contribution in [0, 0.1) is 23.0 Å². The first-order valence-corrected chi connectivity index (χ1v) is 17.2. The molecule has 3 aromatic rings. The molecule has 0 unspecified atom stereocenters. The van der Waals surface area contributed by atoms with Gasteiger partial charge in [0.05, 0.1) is 43.1 Å². The van der Waals surface area contributed by atoms with Gasteiger partial charge in [-0.3, -0.25) is 29.2 Å². The van der Waals surface area contributed by atoms with Gasteiger partial charge in [-0.15, -0.1) is 5.10 Å². The Morgan fingerprint density at radius 3 is 2.11 bits per heavy atom. The number of carbonyl (C=O) groups excluding carboxylic acids is 3. The number of nitrogens with zero attached hydrogens (tertiary/aromatic N) is 4. The highest BCUT2D eigenvalue weighted by molar-refractivity contribution is 7.92. The largest absolute Gasteiger partial charge is 0.355 e. The van der Waals surface area contributed by atoms with E-state index in [0.29, 0.717) is 11.1 Å². The van der Waals surface area contributed by atoms with E-state index < -0.39 is 71.5 Å². The van der Waals surface area contributed by atoms with Crippen LogP contribution in [0.3, 0.4) is 0 Å². The number of nitrogens with one attached hydrogen (secondary N) is 1. The van der Waals surface area contributed by atoms with Gasteiger partial charge < -0.3 is 0 Å². The SMILES string of the molecule is CS(=O)(=O)c1ccc(C(=O)C2C(=O)CCCC2=O)c([N+](=O)[O-])c1.Cc1nn(-c2cc(NS(C)(=O)=O)c(Cl)cc2Cl)c(=O)n1C(F)F. The molecule has 2 aromatic carbocycles. The van der Waals surface area contributed by atoms with Crippen molar-refractivity contribution in [2.75, 3.05) is 17.2 Å². The Balaban J connectivity index is 0.000000250. The number of hydrogen-bond acceptors (Lipinski definition) is 11. The normalized spacial score (nSPS) is 14.2. The predicted molar refractivity (Wildman–Crippen MR) is 160 cm³/mol. The number of anilines is 1. The second kappa shape index (κ2) is 13.7. The summed E-state index contributed by atoms with van der Waals surface area (Å²) in [6, 6.07) is 5.10. The molecule has 1 fully saturated rings. The standard InChI is InChI=1S/C14H13NO7S.C11H10Cl2F2N4O3S/c1-23(21,22)8-5-6-9(10(7-8)15(19)20)14(18)13-11(16)3-2-4-12(13)17;1-5-16-19(11(20)18(5)10(14)15)9-4-8(17-23(2,21)22)6(12)3-7(9)13/h5-7,13H,2-4H2,1H3;3-4,10,17H,1-2H3. The van der Waals surface area contributed by atoms with Crippen LogP contribution in [0.25, 0.3) is 5.69 Å². The van der Waals surface area contributed by atoms with E-state index in [1.165, 1.54) is 13.0 Å². The maximum atomic E-state index is 12.8. The Morgan fingerprint density at radius 1 is 1.04 bits per heavy atom. The fourth-order valence-corrected chi connectivity index (χ4v) is 6.07. The van der Waals surface area contributed by atoms with Crippen LogP contribution in [0.5, 0.6) is 0 Å². The third kappa shape index (κ3) is 8.20. The Labute approximate surface area is 269 Å². The summed E-state index contributed by atoms with van der Waals surface area (Å²) in [6.07, 6.45) is 2.27. The number of nitro benzene ring substituents is 1. The second-order valence-corrected chi connectivity index (χ2v) is 14.4. The van der Waals surface area contributed by atoms with Gasteiger partial charge in [-0.2, -0.15) is 13.5 Å². The van der Waals surface area contributed by atoms with Gasteiger partial charge in [0, 0.05) is 25.2 Å². The van der Waals surface area contributed by atoms with E-state index in [1.807, 2.05) is 0 Å². The predicted octanol–water partition coefficient (Wildman–Crippen LogP) is 3.54. The molecule has 0 amide bonds. The molecule has 4 rings (SSSR count). The molecule has 0 saturated heterocycles. The van der Waals surface area contributed by atoms with Crippen molar-refractivity contribution < 1.29 is 44.9 Å². The van der Waals surface area contributed by atoms with E-state index in [2.05, 4.69) is 9.82 Å². The van der Waals surface area contributed by atoms with Crippen LogP contribution < -0.4 is 10.4 Å². The molecular weight excluding hydrogens is 703 g/mol. The Morgan fingerprint density at radius 2 is 1.63 bits per heavy atom. The van der Waals surface area contributed by atoms with Gasteiger partial charge in [0.15, 0.2) is 27.2 Å². The minimum absolute atomic E-state index is 0.0257. The maximum absolute atomic E-state index is 12.8. The monoisotopic (exact) mass is 725 g/mol. The Kier molecular flexibility index (Phi) is 10.9. The summed E-state index contributed by atoms with van der Waals surface area (Å²) < 4.78 is 74.2. The quantitative estimate of drug-likeness (QED) is 0.153. The van der Waals surface area contributed by atoms with Gasteiger partial charge in [0.2, 0.25) is 10.0 Å². The number of rotatable bonds is 8. The summed E-state index contributed by atoms with van der Waals surface area (Å²) in [5, 5.41) is 14.8. The van der Waals surface area contributed by atoms with Crippen molar-refractivity contribution >= 4 is 71.8 Å². The molecule has 0 bridgehead atoms. The smallest absolute Gasteiger partial charge is 0.298 e. The van der Waals surface area contributed by atoms with Crippen molar-refractivity contribution in [2.45, 2.75) is 37.6 Å². The van der Waals surface area contributed by atoms with E-state index >= 15 is 0 Å². The summed E-state index contributed by atoms with van der Waals surface area (Å²) in [5.41, 5.74) is -2.44. The van der Waals surface area contributed by atoms with Gasteiger partial charge in [0.1, 0.15) is 11.7 Å². The molecule has 21 heteroatoms. The lowest BCUT2D eigenvalue weighted by Gasteiger charge is -2.18. The van der Waals surface area contributed by atoms with Crippen molar-refractivity contribution in [1.29, 1.82) is 0 Å². The third-order valence-corrected chi connectivity index (χ3v) is 8.66. The first-order chi connectivity index (χ1) is 21.1. The van der Waals surface area contributed by atoms with Crippen LogP contribution in [0.15, 0.2) is 40.0 Å². The molecule has 0 atom stereocenters. The van der Waals surface area contributed by atoms with Gasteiger partial charge in [-0.25, -0.2) is 26.2 Å². The van der Waals surface area contributed by atoms with Crippen LogP contribution in [0.4, 0.5) is 20.2 Å². The van der Waals surface area contributed by atoms with Gasteiger partial charge in [-0.05, 0) is 37.6 Å². The van der Waals surface area contributed by atoms with E-state index in [1.54, 1.807) is 0 Å². The Bertz CT molecular complexity index is 2030. The topological polar surface area (TPSA) is 214 Å². The van der Waals surface area contributed by atoms with Crippen molar-refractivity contribution in [1.82, 2.24) is 14.3 Å². The van der Waals surface area contributed by atoms with Crippen LogP contribution >= 0.6 is 23.2 Å². The third-order valence-electron chi connectivity index (χ3n) is 6.35. The van der Waals surface area contributed by atoms with Crippen LogP contribution in [0.1, 0.15) is 42.0 Å². The lowest BCUT2D eigenvalue weighted by atomic mass is 9.81. The summed E-state index contributed by atoms with van der Waals surface area (Å²) in [6.45, 7) is -1.85. The van der Waals surface area contributed by atoms with E-state index in [0.717, 1.165) is 36.8 Å². The van der Waals surface area contributed by atoms with E-state index in [9.17, 15) is 54.9 Å². The highest BCUT2D eigenvalue weighted by Gasteiger charge is 2.39. The zero-order valence-corrected chi connectivity index (χ0v) is 27.0. The average molecular weight is 727 g/mol. The molecule has 1 aliphatic rings. The molecule has 46 heavy (non-hydrogen) atoms. The highest BCUT2D eigenvalue weighted by atomic mass is 35.5. The van der Waals surface area contributed by atoms with Crippen molar-refractivity contribution in [3.8, 4) is 5.69 Å². The number of aryl methyl sites for hydroxylation is 1. The fraction of sp³-hybridized carbons (Fsp3) is 0.320. The maximum Gasteiger partial charge on any atom is 0.355 e. The first kappa shape index (κ1) is 36.4. The number of alkyl halides is 2. The van der Waals surface area contributed by atoms with Crippen molar-refractivity contribution in [3.05, 3.63) is 72.4 Å². The van der Waals surface area contributed by atoms with Crippen LogP contribution in [0.2, 0.25) is 10.0 Å². The molecule has 1 aliphatic carbocycles. The number of carbonyl (C=O) groups is 3. The molecule has 1 saturated carbocycles. The van der Waals surface area contributed by atoms with Crippen molar-refractivity contribution in [2.24, 2.45) is 5.92 Å². The molecule has 0 aliphatic heterocycles. The molecule has 248 valence electrons. The number of benzene rings is 2. The molecule has 15 nitrogen and oxygen atoms in total. The number of halogens is 4. The molecule has 0 spiro atoms. The number of nitro groups is 1. The van der Waals surface area contributed by atoms with E-state index in [4.69, 9.17) is 23.2 Å². The summed E-state index contributed by atoms with van der Waals surface area (Å²) in [4.78, 5) is 58.0. The van der Waals surface area contributed by atoms with Crippen molar-refractivity contribution in [3.63, 3.8) is 0 Å². The number of ketones is 3. The highest BCUT2D eigenvalue weighted by Crippen LogP contribution is 2.32. The first-order valence-electron chi connectivity index (χ1n) is 12.7. The molecular formula is C25H23Cl2F2N5O10S2. The number of aromatic nitrogens is 3. The van der Waals surface area contributed by atoms with Crippen LogP contribution in [-0.4, -0.2) is 66.0 Å². The number of hydrogen-bond donors (Lipinski definition) is 1. The van der Waals surface area contributed by atoms with Crippen LogP contribution in [-0.2, 0) is 29.4 Å². The molecule has 1 aromatic heterocycles. The lowest BCUT2D eigenvalue weighted by Crippen LogP contribution is -2.35. The summed E-state index contributed by atoms with van der Waals surface area (Å²) in [7, 11) is -7.35. The number of sulfone groups is 1. The minimum Gasteiger partial charge on any atom is -0.298 e. The fourth-order valence-electron chi connectivity index (χ4n) is 4.29. The molecule has 1 N–H and O–H groups in total. The lowest BCUT2D eigenvalue weighted by molar-refractivity contribution is -0.385. The minimum atomic E-state index is -3.70. The average Bonchev–Trinajstić information content (AvgIpc) is 3.22.